The van der Waals surface area contributed by atoms with Crippen LogP contribution in [0, 0.1) is 17.9 Å². The summed E-state index contributed by atoms with van der Waals surface area (Å²) in [5.41, 5.74) is 11.5. The van der Waals surface area contributed by atoms with Gasteiger partial charge in [-0.3, -0.25) is 0 Å². The first-order valence-electron chi connectivity index (χ1n) is 15.9. The molecule has 0 amide bonds. The fourth-order valence-electron chi connectivity index (χ4n) is 7.20. The van der Waals surface area contributed by atoms with E-state index in [0.29, 0.717) is 11.3 Å². The van der Waals surface area contributed by atoms with Crippen molar-refractivity contribution in [3.05, 3.63) is 175 Å². The number of para-hydroxylation sites is 3. The quantitative estimate of drug-likeness (QED) is 0.183. The van der Waals surface area contributed by atoms with Gasteiger partial charge in [-0.2, -0.15) is 5.26 Å². The van der Waals surface area contributed by atoms with Crippen LogP contribution in [0.4, 0.5) is 5.69 Å². The van der Waals surface area contributed by atoms with Gasteiger partial charge in [-0.05, 0) is 88.3 Å². The molecule has 0 spiro atoms. The summed E-state index contributed by atoms with van der Waals surface area (Å²) in [6, 6.07) is 56.8. The summed E-state index contributed by atoms with van der Waals surface area (Å²) >= 11 is 0. The Kier molecular flexibility index (Phi) is 6.22. The Bertz CT molecular complexity index is 2750. The number of aromatic nitrogens is 2. The Morgan fingerprint density at radius 2 is 1.02 bits per heavy atom. The van der Waals surface area contributed by atoms with E-state index in [0.717, 1.165) is 77.2 Å². The summed E-state index contributed by atoms with van der Waals surface area (Å²) in [7, 11) is 0. The summed E-state index contributed by atoms with van der Waals surface area (Å²) in [6.45, 7) is 7.61. The van der Waals surface area contributed by atoms with E-state index in [1.165, 1.54) is 0 Å². The van der Waals surface area contributed by atoms with Gasteiger partial charge in [0.05, 0.1) is 39.9 Å². The van der Waals surface area contributed by atoms with Gasteiger partial charge in [-0.15, -0.1) is 0 Å². The first-order valence-corrected chi connectivity index (χ1v) is 15.9. The van der Waals surface area contributed by atoms with Gasteiger partial charge in [0.25, 0.3) is 0 Å². The van der Waals surface area contributed by atoms with Crippen LogP contribution >= 0.6 is 0 Å². The van der Waals surface area contributed by atoms with Gasteiger partial charge in [0, 0.05) is 21.8 Å². The van der Waals surface area contributed by atoms with Gasteiger partial charge in [0.2, 0.25) is 0 Å². The molecule has 0 aliphatic rings. The van der Waals surface area contributed by atoms with E-state index in [1.807, 2.05) is 48.5 Å². The zero-order chi connectivity index (χ0) is 32.2. The minimum absolute atomic E-state index is 0.606. The molecule has 0 unspecified atom stereocenters. The molecule has 0 N–H and O–H groups in total. The van der Waals surface area contributed by atoms with Crippen LogP contribution in [0.1, 0.15) is 5.56 Å². The van der Waals surface area contributed by atoms with Crippen LogP contribution in [0.25, 0.3) is 82.1 Å². The van der Waals surface area contributed by atoms with Gasteiger partial charge in [-0.25, -0.2) is 4.85 Å². The molecule has 0 radical (unpaired) electrons. The smallest absolute Gasteiger partial charge is 0.188 e. The number of rotatable bonds is 4. The number of nitrogens with zero attached hydrogens (tertiary/aromatic N) is 4. The predicted octanol–water partition coefficient (Wildman–Crippen LogP) is 11.6. The Labute approximate surface area is 277 Å². The van der Waals surface area contributed by atoms with E-state index < -0.39 is 0 Å². The Morgan fingerprint density at radius 3 is 1.67 bits per heavy atom. The molecular formula is C44H26N4. The van der Waals surface area contributed by atoms with Gasteiger partial charge < -0.3 is 9.13 Å². The molecule has 0 aliphatic heterocycles. The number of benzene rings is 7. The summed E-state index contributed by atoms with van der Waals surface area (Å²) < 4.78 is 4.49. The molecular weight excluding hydrogens is 585 g/mol. The monoisotopic (exact) mass is 610 g/mol. The summed E-state index contributed by atoms with van der Waals surface area (Å²) in [6.07, 6.45) is 0. The normalized spacial score (nSPS) is 11.3. The molecule has 9 rings (SSSR count). The van der Waals surface area contributed by atoms with Crippen molar-refractivity contribution in [1.82, 2.24) is 9.13 Å². The summed E-state index contributed by atoms with van der Waals surface area (Å²) in [4.78, 5) is 3.70. The minimum atomic E-state index is 0.606. The fraction of sp³-hybridized carbons (Fsp3) is 0. The molecule has 4 nitrogen and oxygen atoms in total. The lowest BCUT2D eigenvalue weighted by atomic mass is 9.96. The zero-order valence-corrected chi connectivity index (χ0v) is 25.8. The highest BCUT2D eigenvalue weighted by Crippen LogP contribution is 2.39. The van der Waals surface area contributed by atoms with Gasteiger partial charge >= 0.3 is 0 Å². The molecule has 7 aromatic carbocycles. The van der Waals surface area contributed by atoms with Crippen LogP contribution in [0.5, 0.6) is 0 Å². The maximum Gasteiger partial charge on any atom is 0.188 e. The summed E-state index contributed by atoms with van der Waals surface area (Å²) in [5, 5.41) is 15.0. The second kappa shape index (κ2) is 10.9. The number of nitriles is 1. The lowest BCUT2D eigenvalue weighted by Crippen LogP contribution is -1.99. The van der Waals surface area contributed by atoms with Crippen LogP contribution in [0.3, 0.4) is 0 Å². The SMILES string of the molecule is [C-]#[N+]c1ccc2c(c1)c1ccccc1n2-c1cc(-c2ccccc2)cc(-c2ccc(-n3c4ccccc4c4ccccc43)c(C#N)c2)c1. The average molecular weight is 611 g/mol. The second-order valence-electron chi connectivity index (χ2n) is 12.0. The molecule has 48 heavy (non-hydrogen) atoms. The predicted molar refractivity (Wildman–Crippen MR) is 197 cm³/mol. The molecule has 222 valence electrons. The van der Waals surface area contributed by atoms with Crippen molar-refractivity contribution in [3.63, 3.8) is 0 Å². The molecule has 0 fully saturated rings. The van der Waals surface area contributed by atoms with Gasteiger partial charge in [0.15, 0.2) is 5.69 Å². The third kappa shape index (κ3) is 4.22. The van der Waals surface area contributed by atoms with E-state index in [-0.39, 0.29) is 0 Å². The van der Waals surface area contributed by atoms with Crippen LogP contribution < -0.4 is 0 Å². The first kappa shape index (κ1) is 27.4. The lowest BCUT2D eigenvalue weighted by molar-refractivity contribution is 1.17. The molecule has 2 heterocycles. The van der Waals surface area contributed by atoms with Gasteiger partial charge in [0.1, 0.15) is 6.07 Å². The largest absolute Gasteiger partial charge is 0.309 e. The van der Waals surface area contributed by atoms with Crippen LogP contribution in [0.15, 0.2) is 158 Å². The van der Waals surface area contributed by atoms with Crippen molar-refractivity contribution < 1.29 is 0 Å². The standard InChI is InChI=1S/C44H26N4/c1-46-34-20-22-44-39(27-34)38-15-7-8-16-41(38)47(44)35-25-31(29-11-3-2-4-12-29)24-32(26-35)30-19-21-40(33(23-30)28-45)48-42-17-9-5-13-36(42)37-14-6-10-18-43(37)48/h2-27H. The van der Waals surface area contributed by atoms with Crippen LogP contribution in [-0.4, -0.2) is 9.13 Å². The maximum absolute atomic E-state index is 10.6. The van der Waals surface area contributed by atoms with Gasteiger partial charge in [-0.1, -0.05) is 97.1 Å². The number of hydrogen-bond donors (Lipinski definition) is 0. The zero-order valence-electron chi connectivity index (χ0n) is 25.8. The topological polar surface area (TPSA) is 38.0 Å². The van der Waals surface area contributed by atoms with Crippen LogP contribution in [-0.2, 0) is 0 Å². The molecule has 9 aromatic rings. The third-order valence-corrected chi connectivity index (χ3v) is 9.34. The van der Waals surface area contributed by atoms with E-state index in [4.69, 9.17) is 6.57 Å². The van der Waals surface area contributed by atoms with E-state index >= 15 is 0 Å². The fourth-order valence-corrected chi connectivity index (χ4v) is 7.20. The average Bonchev–Trinajstić information content (AvgIpc) is 3.67. The third-order valence-electron chi connectivity index (χ3n) is 9.34. The minimum Gasteiger partial charge on any atom is -0.309 e. The first-order chi connectivity index (χ1) is 23.7. The molecule has 0 atom stereocenters. The van der Waals surface area contributed by atoms with E-state index in [1.54, 1.807) is 0 Å². The number of fused-ring (bicyclic) bond motifs is 6. The highest BCUT2D eigenvalue weighted by Gasteiger charge is 2.18. The van der Waals surface area contributed by atoms with Crippen molar-refractivity contribution in [1.29, 1.82) is 5.26 Å². The molecule has 0 saturated carbocycles. The highest BCUT2D eigenvalue weighted by molar-refractivity contribution is 6.11. The van der Waals surface area contributed by atoms with E-state index in [2.05, 4.69) is 129 Å². The maximum atomic E-state index is 10.6. The van der Waals surface area contributed by atoms with Crippen molar-refractivity contribution in [2.75, 3.05) is 0 Å². The highest BCUT2D eigenvalue weighted by atomic mass is 15.0. The van der Waals surface area contributed by atoms with Crippen molar-refractivity contribution in [2.45, 2.75) is 0 Å². The molecule has 0 saturated heterocycles. The Balaban J connectivity index is 1.28. The molecule has 4 heteroatoms. The van der Waals surface area contributed by atoms with Crippen molar-refractivity contribution >= 4 is 49.3 Å². The number of hydrogen-bond acceptors (Lipinski definition) is 1. The Hall–Kier alpha value is -6.88. The Morgan fingerprint density at radius 1 is 0.458 bits per heavy atom. The van der Waals surface area contributed by atoms with E-state index in [9.17, 15) is 5.26 Å². The summed E-state index contributed by atoms with van der Waals surface area (Å²) in [5.74, 6) is 0. The molecule has 0 aliphatic carbocycles. The van der Waals surface area contributed by atoms with Crippen LogP contribution in [0.2, 0.25) is 0 Å². The lowest BCUT2D eigenvalue weighted by Gasteiger charge is -2.15. The van der Waals surface area contributed by atoms with Crippen molar-refractivity contribution in [3.8, 4) is 39.7 Å². The molecule has 0 bridgehead atoms. The van der Waals surface area contributed by atoms with Crippen molar-refractivity contribution in [2.24, 2.45) is 0 Å². The second-order valence-corrected chi connectivity index (χ2v) is 12.0. The molecule has 2 aromatic heterocycles.